The molecule has 0 radical (unpaired) electrons. The number of rotatable bonds is 19. The van der Waals surface area contributed by atoms with Crippen molar-refractivity contribution >= 4 is 81.9 Å². The largest absolute Gasteiger partial charge is 0.508 e. The molecule has 0 aromatic heterocycles. The molecule has 8 aliphatic rings. The second-order valence-corrected chi connectivity index (χ2v) is 34.6. The number of ketones is 2. The van der Waals surface area contributed by atoms with Crippen molar-refractivity contribution in [3.63, 3.8) is 0 Å². The molecule has 125 heavy (non-hydrogen) atoms. The number of hydrogen-bond donors (Lipinski definition) is 18. The minimum Gasteiger partial charge on any atom is -0.508 e. The highest BCUT2D eigenvalue weighted by atomic mass is 35.5. The predicted molar refractivity (Wildman–Crippen MR) is 448 cm³/mol. The molecule has 7 aromatic rings. The number of carbonyl (C=O) groups is 8. The summed E-state index contributed by atoms with van der Waals surface area (Å²) in [6.45, 7) is 9.15. The average Bonchev–Trinajstić information content (AvgIpc) is 0.762. The lowest BCUT2D eigenvalue weighted by Gasteiger charge is -2.48. The molecule has 13 unspecified atom stereocenters. The lowest BCUT2D eigenvalue weighted by atomic mass is 9.84. The van der Waals surface area contributed by atoms with Crippen molar-refractivity contribution in [1.82, 2.24) is 31.9 Å². The number of phenols is 3. The summed E-state index contributed by atoms with van der Waals surface area (Å²) in [5, 5.41) is 134. The summed E-state index contributed by atoms with van der Waals surface area (Å²) in [5.74, 6) is -18.8. The normalized spacial score (nSPS) is 29.9. The number of amides is 5. The maximum atomic E-state index is 16.7. The van der Waals surface area contributed by atoms with Crippen LogP contribution in [0.25, 0.3) is 22.3 Å². The fourth-order valence-electron chi connectivity index (χ4n) is 16.7. The first-order valence-corrected chi connectivity index (χ1v) is 41.6. The second kappa shape index (κ2) is 38.2. The van der Waals surface area contributed by atoms with Gasteiger partial charge in [-0.2, -0.15) is 0 Å². The Morgan fingerprint density at radius 2 is 1.27 bits per heavy atom. The van der Waals surface area contributed by atoms with Gasteiger partial charge in [-0.15, -0.1) is 0 Å². The summed E-state index contributed by atoms with van der Waals surface area (Å²) < 4.78 is 53.1. The van der Waals surface area contributed by atoms with Crippen molar-refractivity contribution in [2.45, 2.75) is 214 Å². The van der Waals surface area contributed by atoms with Crippen LogP contribution in [0.1, 0.15) is 144 Å². The molecule has 34 nitrogen and oxygen atoms in total. The number of carboxylic acids is 1. The minimum absolute atomic E-state index is 0.0985. The summed E-state index contributed by atoms with van der Waals surface area (Å²) in [5.41, 5.74) is 10.1. The van der Waals surface area contributed by atoms with Gasteiger partial charge in [0.05, 0.1) is 58.9 Å². The average molecular weight is 1790 g/mol. The van der Waals surface area contributed by atoms with Crippen molar-refractivity contribution < 1.29 is 127 Å². The third-order valence-electron chi connectivity index (χ3n) is 23.5. The predicted octanol–water partition coefficient (Wildman–Crippen LogP) is 6.47. The van der Waals surface area contributed by atoms with Crippen LogP contribution in [0.5, 0.6) is 46.0 Å². The molecule has 0 saturated carbocycles. The molecule has 3 fully saturated rings. The van der Waals surface area contributed by atoms with E-state index >= 15 is 24.0 Å². The van der Waals surface area contributed by atoms with Crippen LogP contribution in [-0.2, 0) is 68.6 Å². The van der Waals surface area contributed by atoms with E-state index < -0.39 is 268 Å². The third-order valence-corrected chi connectivity index (χ3v) is 24.4. The molecule has 7 aromatic carbocycles. The van der Waals surface area contributed by atoms with Crippen LogP contribution in [-0.4, -0.2) is 209 Å². The molecule has 8 heterocycles. The highest BCUT2D eigenvalue weighted by Crippen LogP contribution is 2.51. The van der Waals surface area contributed by atoms with Gasteiger partial charge in [-0.3, -0.25) is 33.6 Å². The van der Waals surface area contributed by atoms with Gasteiger partial charge in [0.1, 0.15) is 77.4 Å². The van der Waals surface area contributed by atoms with E-state index in [1.54, 1.807) is 26.0 Å². The highest BCUT2D eigenvalue weighted by Gasteiger charge is 2.53. The van der Waals surface area contributed by atoms with Gasteiger partial charge >= 0.3 is 5.97 Å². The number of aliphatic carboxylic acids is 1. The number of nitrogens with two attached hydrogens (primary N) is 2. The molecular weight excluding hydrogens is 1690 g/mol. The first-order chi connectivity index (χ1) is 59.2. The second-order valence-electron chi connectivity index (χ2n) is 33.3. The maximum Gasteiger partial charge on any atom is 0.330 e. The Bertz CT molecular complexity index is 5250. The standard InChI is InChI=1S/C88H99Cl3N8O26/c1-37(2)22-55(94-7)83(114)98-71-58(104)26-47(29-65(92)106)81(112)96-69-46-27-62(120-60-20-15-44(73(71)107)24-53(60)90)77(125-86-78(75(109)74(108)64(36-100)122-86)124-67-34-88(6,80(111)39(4)119-67)95-35-40-8-10-41(11-9-40)42-12-17-48(89)18-13-42)63(28-46)121-61-21-16-45(25-54(61)91)76(123-66-33-87(5,93)79(110)38(3)118-66)72-84(115)97-70(85(116)117)52-30-49(101)31-57(103)68(52)51-23-43(14-19-56(51)102)50(32-59(69)105)82(113)99-72/h8-21,23-25,27-28,30-31,37-39,47,50,55,64,66-67,69-76,78-80,86,94-95,100-103,107-111H,22,26,29,32-36,93H2,1-7H3,(H2,92,106)(H,96,112)(H,97,115)(H,98,114)(H,99,113)(H,116,117)/t38?,39?,47-,50+,55+,64?,66?,67?,69+,70-,71-,72+,73+,74?,75?,76+,78?,79?,80?,86?,87?,88?/m0/s1. The SMILES string of the molecule is CN[C@H](CC(C)C)C(=O)N[C@H]1C(=O)C[C@@H](CC(N)=O)C(=O)N[C@H]2C(=O)C[C@H]3C(=O)N[C@@H](C(=O)N[C@H](C(=O)O)c4cc(O)cc(O)c4-c4cc3ccc4O)[C@H](OC3CC(C)(N)C(O)C(C)O3)c3ccc(c(Cl)c3)Oc3cc2cc(c3OC2OC(CO)C(O)C(O)C2OC2CC(C)(NCc3ccc(-c4ccc(Cl)cc4)cc3)C(O)C(C)O2)Oc2ccc(cc2Cl)[C@H]1O. The summed E-state index contributed by atoms with van der Waals surface area (Å²) in [6.07, 6.45) is -24.7. The number of benzene rings is 7. The Labute approximate surface area is 732 Å². The molecule has 0 spiro atoms. The summed E-state index contributed by atoms with van der Waals surface area (Å²) in [6, 6.07) is 19.9. The van der Waals surface area contributed by atoms with Crippen LogP contribution in [0.3, 0.4) is 0 Å². The molecular formula is C88H99Cl3N8O26. The Hall–Kier alpha value is -10.2. The van der Waals surface area contributed by atoms with E-state index in [0.717, 1.165) is 53.1 Å². The Kier molecular flexibility index (Phi) is 28.2. The van der Waals surface area contributed by atoms with Gasteiger partial charge in [0.2, 0.25) is 41.6 Å². The molecule has 20 N–H and O–H groups in total. The summed E-state index contributed by atoms with van der Waals surface area (Å²) >= 11 is 20.9. The number of halogens is 3. The number of ether oxygens (including phenoxy) is 8. The van der Waals surface area contributed by atoms with Gasteiger partial charge in [0, 0.05) is 77.5 Å². The molecule has 37 heteroatoms. The van der Waals surface area contributed by atoms with E-state index in [0.29, 0.717) is 5.02 Å². The van der Waals surface area contributed by atoms with Crippen LogP contribution in [0.15, 0.2) is 127 Å². The molecule has 3 saturated heterocycles. The Morgan fingerprint density at radius 3 is 1.88 bits per heavy atom. The molecule has 8 aliphatic heterocycles. The smallest absolute Gasteiger partial charge is 0.330 e. The topological polar surface area (TPSA) is 537 Å². The number of carbonyl (C=O) groups excluding carboxylic acids is 7. The zero-order valence-electron chi connectivity index (χ0n) is 68.7. The van der Waals surface area contributed by atoms with E-state index in [4.69, 9.17) is 84.2 Å². The van der Waals surface area contributed by atoms with Gasteiger partial charge in [-0.1, -0.05) is 103 Å². The van der Waals surface area contributed by atoms with Crippen LogP contribution in [0.2, 0.25) is 15.1 Å². The number of aromatic hydroxyl groups is 3. The van der Waals surface area contributed by atoms with Crippen LogP contribution < -0.4 is 57.6 Å². The number of carboxylic acid groups (broad SMARTS) is 1. The minimum atomic E-state index is -2.28. The summed E-state index contributed by atoms with van der Waals surface area (Å²) in [4.78, 5) is 121. The van der Waals surface area contributed by atoms with Crippen molar-refractivity contribution in [3.8, 4) is 68.2 Å². The van der Waals surface area contributed by atoms with Crippen LogP contribution >= 0.6 is 34.8 Å². The van der Waals surface area contributed by atoms with E-state index in [9.17, 15) is 65.4 Å². The number of aliphatic hydroxyl groups excluding tert-OH is 6. The van der Waals surface area contributed by atoms with Crippen molar-refractivity contribution in [3.05, 3.63) is 176 Å². The number of fused-ring (bicyclic) bond motifs is 15. The number of likely N-dealkylation sites (N-methyl/N-ethyl adjacent to an activating group) is 1. The summed E-state index contributed by atoms with van der Waals surface area (Å²) in [7, 11) is 1.50. The van der Waals surface area contributed by atoms with Gasteiger partial charge in [0.15, 0.2) is 47.8 Å². The number of nitrogens with one attached hydrogen (secondary N) is 6. The Morgan fingerprint density at radius 1 is 0.656 bits per heavy atom. The van der Waals surface area contributed by atoms with Gasteiger partial charge in [-0.05, 0) is 153 Å². The lowest BCUT2D eigenvalue weighted by Crippen LogP contribution is -2.65. The number of primary amides is 1. The number of phenolic OH excluding ortho intramolecular Hbond substituents is 3. The van der Waals surface area contributed by atoms with E-state index in [2.05, 4.69) is 31.9 Å². The van der Waals surface area contributed by atoms with Gasteiger partial charge in [-0.25, -0.2) is 4.79 Å². The quantitative estimate of drug-likeness (QED) is 0.0412. The fraction of sp³-hybridized carbons (Fsp3) is 0.432. The number of hydrogen-bond acceptors (Lipinski definition) is 28. The first-order valence-electron chi connectivity index (χ1n) is 40.5. The number of aliphatic hydroxyl groups is 6. The van der Waals surface area contributed by atoms with Crippen molar-refractivity contribution in [2.75, 3.05) is 13.7 Å². The van der Waals surface area contributed by atoms with Gasteiger partial charge in [0.25, 0.3) is 0 Å². The number of Topliss-reactive ketones (excluding diaryl/α,β-unsaturated/α-hetero) is 2. The Balaban J connectivity index is 1.02. The molecule has 5 amide bonds. The van der Waals surface area contributed by atoms with E-state index in [-0.39, 0.29) is 64.9 Å². The van der Waals surface area contributed by atoms with Crippen LogP contribution in [0.4, 0.5) is 0 Å². The van der Waals surface area contributed by atoms with E-state index in [1.807, 2.05) is 50.2 Å². The maximum absolute atomic E-state index is 16.7. The zero-order chi connectivity index (χ0) is 90.3. The van der Waals surface area contributed by atoms with Gasteiger partial charge < -0.3 is 132 Å². The third kappa shape index (κ3) is 20.3. The molecule has 668 valence electrons. The molecule has 11 bridgehead atoms. The van der Waals surface area contributed by atoms with Crippen molar-refractivity contribution in [1.29, 1.82) is 0 Å². The zero-order valence-corrected chi connectivity index (χ0v) is 71.0. The van der Waals surface area contributed by atoms with Crippen LogP contribution in [0, 0.1) is 11.8 Å². The first kappa shape index (κ1) is 92.5. The fourth-order valence-corrected chi connectivity index (χ4v) is 17.3. The van der Waals surface area contributed by atoms with Crippen molar-refractivity contribution in [2.24, 2.45) is 23.3 Å². The molecule has 0 aliphatic carbocycles. The highest BCUT2D eigenvalue weighted by molar-refractivity contribution is 6.32. The molecule has 22 atom stereocenters. The molecule has 15 rings (SSSR count). The monoisotopic (exact) mass is 1790 g/mol. The van der Waals surface area contributed by atoms with E-state index in [1.165, 1.54) is 63.4 Å². The lowest BCUT2D eigenvalue weighted by molar-refractivity contribution is -0.334.